The van der Waals surface area contributed by atoms with Crippen molar-refractivity contribution in [3.05, 3.63) is 64.7 Å². The Bertz CT molecular complexity index is 1240. The summed E-state index contributed by atoms with van der Waals surface area (Å²) in [4.78, 5) is 20.3. The van der Waals surface area contributed by atoms with E-state index in [1.54, 1.807) is 0 Å². The monoisotopic (exact) mass is 497 g/mol. The summed E-state index contributed by atoms with van der Waals surface area (Å²) in [6.07, 6.45) is -2.22. The second-order valence-corrected chi connectivity index (χ2v) is 7.63. The number of amides is 1. The van der Waals surface area contributed by atoms with E-state index < -0.39 is 40.1 Å². The zero-order valence-corrected chi connectivity index (χ0v) is 18.2. The van der Waals surface area contributed by atoms with Crippen LogP contribution in [0, 0.1) is 5.82 Å². The normalized spacial score (nSPS) is 13.4. The molecule has 4 rings (SSSR count). The second kappa shape index (κ2) is 9.34. The van der Waals surface area contributed by atoms with Gasteiger partial charge in [0, 0.05) is 24.0 Å². The van der Waals surface area contributed by atoms with Gasteiger partial charge in [-0.15, -0.1) is 0 Å². The van der Waals surface area contributed by atoms with Crippen LogP contribution < -0.4 is 19.5 Å². The van der Waals surface area contributed by atoms with Gasteiger partial charge < -0.3 is 19.5 Å². The number of hydrogen-bond donors (Lipinski definition) is 1. The standard InChI is InChI=1S/C22H16ClF4N3O4/c1-32-18-9-12(6-7-28-18)29-20(31)14-10-15(23)19(22(25,26)27)30-21(14)34-16-5-2-11(24)8-17(16)33-13-3-4-13/h2,5-10,13H,3-4H2,1H3,(H,28,29,31). The zero-order chi connectivity index (χ0) is 24.5. The van der Waals surface area contributed by atoms with Crippen molar-refractivity contribution in [3.8, 4) is 23.3 Å². The van der Waals surface area contributed by atoms with Crippen LogP contribution in [0.1, 0.15) is 28.9 Å². The van der Waals surface area contributed by atoms with E-state index in [0.717, 1.165) is 31.0 Å². The number of carbonyl (C=O) groups is 1. The van der Waals surface area contributed by atoms with E-state index in [4.69, 9.17) is 25.8 Å². The third-order valence-electron chi connectivity index (χ3n) is 4.59. The number of aromatic nitrogens is 2. The maximum Gasteiger partial charge on any atom is 0.434 e. The first-order valence-electron chi connectivity index (χ1n) is 9.87. The van der Waals surface area contributed by atoms with Crippen molar-refractivity contribution < 1.29 is 36.6 Å². The van der Waals surface area contributed by atoms with Crippen LogP contribution in [0.15, 0.2) is 42.6 Å². The first kappa shape index (κ1) is 23.6. The molecule has 7 nitrogen and oxygen atoms in total. The molecule has 1 saturated carbocycles. The summed E-state index contributed by atoms with van der Waals surface area (Å²) in [5.74, 6) is -2.13. The molecule has 0 bridgehead atoms. The number of anilines is 1. The van der Waals surface area contributed by atoms with Crippen LogP contribution in [0.3, 0.4) is 0 Å². The van der Waals surface area contributed by atoms with Gasteiger partial charge in [-0.2, -0.15) is 13.2 Å². The Balaban J connectivity index is 1.73. The Morgan fingerprint density at radius 1 is 1.15 bits per heavy atom. The fourth-order valence-electron chi connectivity index (χ4n) is 2.84. The van der Waals surface area contributed by atoms with Crippen LogP contribution in [-0.4, -0.2) is 29.1 Å². The molecular formula is C22H16ClF4N3O4. The maximum atomic E-state index is 13.7. The molecule has 1 aliphatic carbocycles. The molecule has 1 aliphatic rings. The van der Waals surface area contributed by atoms with Crippen LogP contribution in [0.2, 0.25) is 5.02 Å². The molecule has 1 N–H and O–H groups in total. The average Bonchev–Trinajstić information content (AvgIpc) is 3.59. The van der Waals surface area contributed by atoms with Crippen LogP contribution >= 0.6 is 11.6 Å². The molecule has 3 aromatic rings. The quantitative estimate of drug-likeness (QED) is 0.410. The van der Waals surface area contributed by atoms with Crippen LogP contribution in [0.25, 0.3) is 0 Å². The molecule has 0 saturated heterocycles. The lowest BCUT2D eigenvalue weighted by Gasteiger charge is -2.17. The Morgan fingerprint density at radius 2 is 1.91 bits per heavy atom. The summed E-state index contributed by atoms with van der Waals surface area (Å²) in [7, 11) is 1.38. The molecule has 2 aromatic heterocycles. The van der Waals surface area contributed by atoms with Gasteiger partial charge in [0.1, 0.15) is 11.4 Å². The minimum Gasteiger partial charge on any atom is -0.486 e. The molecular weight excluding hydrogens is 482 g/mol. The molecule has 1 aromatic carbocycles. The van der Waals surface area contributed by atoms with Crippen molar-refractivity contribution in [2.45, 2.75) is 25.1 Å². The van der Waals surface area contributed by atoms with E-state index in [2.05, 4.69) is 15.3 Å². The number of nitrogens with one attached hydrogen (secondary N) is 1. The van der Waals surface area contributed by atoms with E-state index in [1.165, 1.54) is 31.5 Å². The fourth-order valence-corrected chi connectivity index (χ4v) is 3.09. The lowest BCUT2D eigenvalue weighted by Crippen LogP contribution is -2.17. The number of halogens is 5. The van der Waals surface area contributed by atoms with Gasteiger partial charge in [0.05, 0.1) is 18.2 Å². The number of nitrogens with zero attached hydrogens (tertiary/aromatic N) is 2. The molecule has 0 unspecified atom stereocenters. The van der Waals surface area contributed by atoms with Gasteiger partial charge in [0.15, 0.2) is 17.2 Å². The summed E-state index contributed by atoms with van der Waals surface area (Å²) in [6.45, 7) is 0. The van der Waals surface area contributed by atoms with Gasteiger partial charge in [-0.1, -0.05) is 11.6 Å². The van der Waals surface area contributed by atoms with Crippen molar-refractivity contribution >= 4 is 23.2 Å². The smallest absolute Gasteiger partial charge is 0.434 e. The van der Waals surface area contributed by atoms with Crippen molar-refractivity contribution in [1.82, 2.24) is 9.97 Å². The topological polar surface area (TPSA) is 82.6 Å². The fraction of sp³-hybridized carbons (Fsp3) is 0.227. The summed E-state index contributed by atoms with van der Waals surface area (Å²) < 4.78 is 70.2. The number of methoxy groups -OCH3 is 1. The van der Waals surface area contributed by atoms with Gasteiger partial charge in [0.2, 0.25) is 11.8 Å². The van der Waals surface area contributed by atoms with Gasteiger partial charge in [0.25, 0.3) is 5.91 Å². The third kappa shape index (κ3) is 5.48. The largest absolute Gasteiger partial charge is 0.486 e. The molecule has 0 aliphatic heterocycles. The highest BCUT2D eigenvalue weighted by molar-refractivity contribution is 6.31. The highest BCUT2D eigenvalue weighted by Crippen LogP contribution is 2.40. The number of alkyl halides is 3. The Morgan fingerprint density at radius 3 is 2.59 bits per heavy atom. The molecule has 34 heavy (non-hydrogen) atoms. The molecule has 0 spiro atoms. The number of ether oxygens (including phenoxy) is 3. The zero-order valence-electron chi connectivity index (χ0n) is 17.5. The van der Waals surface area contributed by atoms with Crippen LogP contribution in [-0.2, 0) is 6.18 Å². The van der Waals surface area contributed by atoms with Gasteiger partial charge >= 0.3 is 6.18 Å². The minimum atomic E-state index is -4.92. The second-order valence-electron chi connectivity index (χ2n) is 7.22. The Labute approximate surface area is 195 Å². The maximum absolute atomic E-state index is 13.7. The molecule has 178 valence electrons. The van der Waals surface area contributed by atoms with Gasteiger partial charge in [-0.3, -0.25) is 4.79 Å². The predicted octanol–water partition coefficient (Wildman–Crippen LogP) is 5.88. The van der Waals surface area contributed by atoms with Crippen molar-refractivity contribution in [2.24, 2.45) is 0 Å². The molecule has 0 radical (unpaired) electrons. The summed E-state index contributed by atoms with van der Waals surface area (Å²) in [6, 6.07) is 6.90. The van der Waals surface area contributed by atoms with Gasteiger partial charge in [-0.25, -0.2) is 14.4 Å². The predicted molar refractivity (Wildman–Crippen MR) is 113 cm³/mol. The number of rotatable bonds is 7. The minimum absolute atomic E-state index is 0.0296. The molecule has 2 heterocycles. The molecule has 12 heteroatoms. The number of pyridine rings is 2. The SMILES string of the molecule is COc1cc(NC(=O)c2cc(Cl)c(C(F)(F)F)nc2Oc2ccc(F)cc2OC2CC2)ccn1. The van der Waals surface area contributed by atoms with E-state index in [9.17, 15) is 22.4 Å². The highest BCUT2D eigenvalue weighted by atomic mass is 35.5. The van der Waals surface area contributed by atoms with E-state index in [-0.39, 0.29) is 29.2 Å². The van der Waals surface area contributed by atoms with E-state index in [0.29, 0.717) is 0 Å². The van der Waals surface area contributed by atoms with Gasteiger partial charge in [-0.05, 0) is 37.1 Å². The summed E-state index contributed by atoms with van der Waals surface area (Å²) >= 11 is 5.79. The average molecular weight is 498 g/mol. The number of carbonyl (C=O) groups excluding carboxylic acids is 1. The van der Waals surface area contributed by atoms with E-state index >= 15 is 0 Å². The van der Waals surface area contributed by atoms with Crippen molar-refractivity contribution in [2.75, 3.05) is 12.4 Å². The molecule has 1 fully saturated rings. The lowest BCUT2D eigenvalue weighted by atomic mass is 10.2. The summed E-state index contributed by atoms with van der Waals surface area (Å²) in [5, 5.41) is 1.70. The Hall–Kier alpha value is -3.60. The molecule has 1 amide bonds. The highest BCUT2D eigenvalue weighted by Gasteiger charge is 2.37. The lowest BCUT2D eigenvalue weighted by molar-refractivity contribution is -0.141. The van der Waals surface area contributed by atoms with Crippen LogP contribution in [0.5, 0.6) is 23.3 Å². The first-order valence-corrected chi connectivity index (χ1v) is 10.2. The summed E-state index contributed by atoms with van der Waals surface area (Å²) in [5.41, 5.74) is -1.59. The van der Waals surface area contributed by atoms with Crippen molar-refractivity contribution in [3.63, 3.8) is 0 Å². The van der Waals surface area contributed by atoms with Crippen molar-refractivity contribution in [1.29, 1.82) is 0 Å². The van der Waals surface area contributed by atoms with E-state index in [1.807, 2.05) is 0 Å². The first-order chi connectivity index (χ1) is 16.1. The number of hydrogen-bond acceptors (Lipinski definition) is 6. The Kier molecular flexibility index (Phi) is 6.47. The number of benzene rings is 1. The van der Waals surface area contributed by atoms with Crippen LogP contribution in [0.4, 0.5) is 23.2 Å². The third-order valence-corrected chi connectivity index (χ3v) is 4.87. The molecule has 0 atom stereocenters.